The Hall–Kier alpha value is -4.31. The number of hydrogen-bond donors (Lipinski definition) is 5. The number of amides is 4. The lowest BCUT2D eigenvalue weighted by atomic mass is 9.77. The van der Waals surface area contributed by atoms with Gasteiger partial charge in [-0.2, -0.15) is 0 Å². The van der Waals surface area contributed by atoms with Crippen molar-refractivity contribution in [2.75, 3.05) is 38.8 Å². The van der Waals surface area contributed by atoms with Crippen LogP contribution in [0.1, 0.15) is 120 Å². The summed E-state index contributed by atoms with van der Waals surface area (Å²) in [6.45, 7) is 5.39. The molecule has 4 amide bonds. The van der Waals surface area contributed by atoms with E-state index in [2.05, 4.69) is 94.3 Å². The second kappa shape index (κ2) is 22.5. The molecular weight excluding hydrogens is 801 g/mol. The van der Waals surface area contributed by atoms with Gasteiger partial charge in [0.2, 0.25) is 17.7 Å². The molecule has 5 rings (SSSR count). The zero-order chi connectivity index (χ0) is 43.9. The van der Waals surface area contributed by atoms with Crippen molar-refractivity contribution >= 4 is 63.8 Å². The summed E-state index contributed by atoms with van der Waals surface area (Å²) in [5.41, 5.74) is 0.760. The van der Waals surface area contributed by atoms with E-state index in [4.69, 9.17) is 9.84 Å². The van der Waals surface area contributed by atoms with E-state index in [0.29, 0.717) is 37.1 Å². The fourth-order valence-corrected chi connectivity index (χ4v) is 10.2. The molecule has 0 atom stereocenters. The third kappa shape index (κ3) is 14.7. The van der Waals surface area contributed by atoms with Gasteiger partial charge < -0.3 is 25.8 Å². The third-order valence-electron chi connectivity index (χ3n) is 11.4. The van der Waals surface area contributed by atoms with Gasteiger partial charge in [0.05, 0.1) is 11.1 Å². The van der Waals surface area contributed by atoms with Crippen LogP contribution in [0.2, 0.25) is 0 Å². The van der Waals surface area contributed by atoms with Gasteiger partial charge >= 0.3 is 12.1 Å². The molecule has 2 aromatic heterocycles. The molecular formula is C45H66N6O7S2. The van der Waals surface area contributed by atoms with E-state index in [1.54, 1.807) is 67.7 Å². The highest BCUT2D eigenvalue weighted by Crippen LogP contribution is 2.44. The number of carbonyl (C=O) groups excluding carboxylic acids is 4. The Labute approximate surface area is 364 Å². The molecule has 0 bridgehead atoms. The fourth-order valence-electron chi connectivity index (χ4n) is 8.09. The van der Waals surface area contributed by atoms with Gasteiger partial charge in [-0.3, -0.25) is 34.3 Å². The lowest BCUT2D eigenvalue weighted by molar-refractivity contribution is -0.137. The number of aliphatic carboxylic acids is 1. The number of thiophene rings is 2. The molecule has 2 aliphatic rings. The van der Waals surface area contributed by atoms with Crippen molar-refractivity contribution in [2.24, 2.45) is 0 Å². The highest BCUT2D eigenvalue weighted by molar-refractivity contribution is 7.10. The Balaban J connectivity index is 0.000000295. The number of benzene rings is 1. The van der Waals surface area contributed by atoms with Crippen molar-refractivity contribution in [3.05, 3.63) is 69.0 Å². The minimum Gasteiger partial charge on any atom is -0.481 e. The van der Waals surface area contributed by atoms with Crippen LogP contribution in [0.25, 0.3) is 0 Å². The molecule has 330 valence electrons. The average Bonchev–Trinajstić information content (AvgIpc) is 3.92. The summed E-state index contributed by atoms with van der Waals surface area (Å²) in [4.78, 5) is 66.5. The van der Waals surface area contributed by atoms with E-state index in [1.165, 1.54) is 9.75 Å². The summed E-state index contributed by atoms with van der Waals surface area (Å²) >= 11 is 3.60. The van der Waals surface area contributed by atoms with Crippen LogP contribution < -0.4 is 21.3 Å². The standard InChI is InChI=1S/C28H40N4O4S.C17H26N2O3S/c1-27(2,3)36-26(35)31-21-13-11-20(12-14-21)29-24(33)9-6-10-25(34)30-22-15-17-28(18-16-22,32(4)5)23-8-7-19-37-23;1-19(2)17(14-5-4-12-23-14)10-8-13(9-11-17)18-15(20)6-3-7-16(21)22/h7-8,11-14,19,22H,6,9-10,15-18H2,1-5H3,(H,29,33)(H,30,34)(H,31,35);4-5,12-13H,3,6-11H2,1-2H3,(H,18,20)(H,21,22). The van der Waals surface area contributed by atoms with Crippen LogP contribution in [0.5, 0.6) is 0 Å². The van der Waals surface area contributed by atoms with E-state index >= 15 is 0 Å². The summed E-state index contributed by atoms with van der Waals surface area (Å²) in [7, 11) is 8.53. The predicted octanol–water partition coefficient (Wildman–Crippen LogP) is 8.54. The van der Waals surface area contributed by atoms with E-state index in [1.807, 2.05) is 0 Å². The lowest BCUT2D eigenvalue weighted by Gasteiger charge is -2.44. The van der Waals surface area contributed by atoms with Crippen molar-refractivity contribution in [3.8, 4) is 0 Å². The number of hydrogen-bond acceptors (Lipinski definition) is 10. The lowest BCUT2D eigenvalue weighted by Crippen LogP contribution is -2.48. The molecule has 0 radical (unpaired) electrons. The van der Waals surface area contributed by atoms with Crippen LogP contribution in [0.4, 0.5) is 16.2 Å². The first kappa shape index (κ1) is 48.4. The Morgan fingerprint density at radius 2 is 1.05 bits per heavy atom. The van der Waals surface area contributed by atoms with Gasteiger partial charge in [-0.15, -0.1) is 22.7 Å². The van der Waals surface area contributed by atoms with Crippen molar-refractivity contribution in [1.29, 1.82) is 0 Å². The van der Waals surface area contributed by atoms with Gasteiger partial charge in [0.25, 0.3) is 0 Å². The van der Waals surface area contributed by atoms with Crippen LogP contribution >= 0.6 is 22.7 Å². The normalized spacial score (nSPS) is 21.6. The van der Waals surface area contributed by atoms with Crippen molar-refractivity contribution in [2.45, 2.75) is 139 Å². The Bertz CT molecular complexity index is 1810. The highest BCUT2D eigenvalue weighted by Gasteiger charge is 2.41. The number of nitrogens with zero attached hydrogens (tertiary/aromatic N) is 2. The first-order valence-corrected chi connectivity index (χ1v) is 22.8. The molecule has 0 aliphatic heterocycles. The molecule has 0 spiro atoms. The molecule has 60 heavy (non-hydrogen) atoms. The van der Waals surface area contributed by atoms with Gasteiger partial charge in [0.15, 0.2) is 0 Å². The maximum Gasteiger partial charge on any atom is 0.412 e. The zero-order valence-corrected chi connectivity index (χ0v) is 38.1. The van der Waals surface area contributed by atoms with Crippen LogP contribution in [0.3, 0.4) is 0 Å². The molecule has 2 saturated carbocycles. The molecule has 1 aromatic carbocycles. The maximum absolute atomic E-state index is 12.5. The van der Waals surface area contributed by atoms with Crippen molar-refractivity contribution in [1.82, 2.24) is 20.4 Å². The van der Waals surface area contributed by atoms with Crippen LogP contribution in [-0.2, 0) is 35.0 Å². The minimum absolute atomic E-state index is 0.00356. The second-order valence-electron chi connectivity index (χ2n) is 17.3. The van der Waals surface area contributed by atoms with E-state index < -0.39 is 17.7 Å². The smallest absolute Gasteiger partial charge is 0.412 e. The van der Waals surface area contributed by atoms with Crippen molar-refractivity contribution < 1.29 is 33.8 Å². The van der Waals surface area contributed by atoms with Crippen molar-refractivity contribution in [3.63, 3.8) is 0 Å². The highest BCUT2D eigenvalue weighted by atomic mass is 32.1. The van der Waals surface area contributed by atoms with Gasteiger partial charge in [0, 0.05) is 58.9 Å². The number of carboxylic acids is 1. The monoisotopic (exact) mass is 866 g/mol. The first-order valence-electron chi connectivity index (χ1n) is 21.0. The molecule has 13 nitrogen and oxygen atoms in total. The number of rotatable bonds is 16. The van der Waals surface area contributed by atoms with E-state index in [-0.39, 0.29) is 53.7 Å². The SMILES string of the molecule is CN(C)C1(c2cccs2)CCC(NC(=O)CCCC(=O)Nc2ccc(NC(=O)OC(C)(C)C)cc2)CC1.CN(C)C1(c2cccs2)CCC(NC(=O)CCCC(=O)O)CC1. The van der Waals surface area contributed by atoms with Gasteiger partial charge in [0.1, 0.15) is 5.60 Å². The van der Waals surface area contributed by atoms with Crippen LogP contribution in [0, 0.1) is 0 Å². The topological polar surface area (TPSA) is 169 Å². The molecule has 0 unspecified atom stereocenters. The Kier molecular flexibility index (Phi) is 18.1. The largest absolute Gasteiger partial charge is 0.481 e. The van der Waals surface area contributed by atoms with E-state index in [0.717, 1.165) is 51.4 Å². The molecule has 3 aromatic rings. The number of ether oxygens (including phenoxy) is 1. The molecule has 0 saturated heterocycles. The predicted molar refractivity (Wildman–Crippen MR) is 240 cm³/mol. The van der Waals surface area contributed by atoms with Gasteiger partial charge in [-0.1, -0.05) is 12.1 Å². The van der Waals surface area contributed by atoms with Gasteiger partial charge in [-0.25, -0.2) is 4.79 Å². The number of carboxylic acid groups (broad SMARTS) is 1. The fraction of sp³-hybridized carbons (Fsp3) is 0.578. The summed E-state index contributed by atoms with van der Waals surface area (Å²) < 4.78 is 5.23. The van der Waals surface area contributed by atoms with Crippen LogP contribution in [-0.4, -0.2) is 90.6 Å². The first-order chi connectivity index (χ1) is 28.4. The number of carbonyl (C=O) groups is 5. The van der Waals surface area contributed by atoms with Gasteiger partial charge in [-0.05, 0) is 160 Å². The molecule has 2 aliphatic carbocycles. The quantitative estimate of drug-likeness (QED) is 0.0948. The Morgan fingerprint density at radius 1 is 0.650 bits per heavy atom. The maximum atomic E-state index is 12.5. The summed E-state index contributed by atoms with van der Waals surface area (Å²) in [5.74, 6) is -1.01. The Morgan fingerprint density at radius 3 is 1.42 bits per heavy atom. The number of nitrogens with one attached hydrogen (secondary N) is 4. The van der Waals surface area contributed by atoms with Crippen LogP contribution in [0.15, 0.2) is 59.3 Å². The second-order valence-corrected chi connectivity index (χ2v) is 19.2. The average molecular weight is 867 g/mol. The van der Waals surface area contributed by atoms with E-state index in [9.17, 15) is 24.0 Å². The molecule has 15 heteroatoms. The minimum atomic E-state index is -0.845. The zero-order valence-electron chi connectivity index (χ0n) is 36.4. The third-order valence-corrected chi connectivity index (χ3v) is 13.6. The molecule has 2 heterocycles. The summed E-state index contributed by atoms with van der Waals surface area (Å²) in [6, 6.07) is 15.8. The molecule has 5 N–H and O–H groups in total. The summed E-state index contributed by atoms with van der Waals surface area (Å²) in [6.07, 6.45) is 9.20. The summed E-state index contributed by atoms with van der Waals surface area (Å²) in [5, 5.41) is 24.6. The number of anilines is 2. The molecule has 2 fully saturated rings.